The number of carboxylic acids is 1. The fourth-order valence-corrected chi connectivity index (χ4v) is 4.56. The quantitative estimate of drug-likeness (QED) is 0.494. The fraction of sp³-hybridized carbons (Fsp3) is 0.357. The Labute approximate surface area is 184 Å². The zero-order valence-electron chi connectivity index (χ0n) is 19.1. The number of carbonyl (C=O) groups is 1. The first-order valence-electron chi connectivity index (χ1n) is 11.1. The lowest BCUT2D eigenvalue weighted by molar-refractivity contribution is 0.0696. The number of fused-ring (bicyclic) bond motifs is 2. The highest BCUT2D eigenvalue weighted by Crippen LogP contribution is 2.44. The third kappa shape index (κ3) is 4.14. The molecule has 0 fully saturated rings. The second kappa shape index (κ2) is 7.96. The van der Waals surface area contributed by atoms with Crippen LogP contribution in [0.25, 0.3) is 22.6 Å². The maximum atomic E-state index is 12.4. The number of para-hydroxylation sites is 1. The molecule has 1 heterocycles. The first kappa shape index (κ1) is 21.3. The Morgan fingerprint density at radius 1 is 1.06 bits per heavy atom. The minimum absolute atomic E-state index is 0.0691. The highest BCUT2D eigenvalue weighted by Gasteiger charge is 2.35. The monoisotopic (exact) mass is 413 g/mol. The lowest BCUT2D eigenvalue weighted by Gasteiger charge is -2.36. The van der Waals surface area contributed by atoms with E-state index in [-0.39, 0.29) is 5.41 Å². The highest BCUT2D eigenvalue weighted by atomic mass is 16.4. The van der Waals surface area contributed by atoms with Crippen molar-refractivity contribution in [3.8, 4) is 0 Å². The van der Waals surface area contributed by atoms with E-state index in [4.69, 9.17) is 4.98 Å². The van der Waals surface area contributed by atoms with E-state index in [0.29, 0.717) is 17.4 Å². The highest BCUT2D eigenvalue weighted by molar-refractivity contribution is 6.06. The molecule has 3 nitrogen and oxygen atoms in total. The van der Waals surface area contributed by atoms with Crippen LogP contribution in [0.5, 0.6) is 0 Å². The van der Waals surface area contributed by atoms with Crippen LogP contribution in [0.15, 0.2) is 48.5 Å². The molecule has 3 heteroatoms. The van der Waals surface area contributed by atoms with Crippen LogP contribution in [0.3, 0.4) is 0 Å². The minimum Gasteiger partial charge on any atom is -0.478 e. The number of allylic oxidation sites excluding steroid dienone is 1. The second-order valence-corrected chi connectivity index (χ2v) is 10.1. The van der Waals surface area contributed by atoms with Crippen LogP contribution in [-0.4, -0.2) is 16.1 Å². The maximum absolute atomic E-state index is 12.4. The molecule has 31 heavy (non-hydrogen) atoms. The van der Waals surface area contributed by atoms with E-state index in [9.17, 15) is 9.90 Å². The third-order valence-electron chi connectivity index (χ3n) is 6.60. The zero-order valence-corrected chi connectivity index (χ0v) is 19.1. The first-order chi connectivity index (χ1) is 14.6. The van der Waals surface area contributed by atoms with Gasteiger partial charge in [-0.1, -0.05) is 77.1 Å². The summed E-state index contributed by atoms with van der Waals surface area (Å²) in [6.07, 6.45) is 3.84. The van der Waals surface area contributed by atoms with Crippen molar-refractivity contribution in [3.63, 3.8) is 0 Å². The molecule has 160 valence electrons. The van der Waals surface area contributed by atoms with Gasteiger partial charge in [0.25, 0.3) is 0 Å². The van der Waals surface area contributed by atoms with Crippen LogP contribution in [-0.2, 0) is 6.42 Å². The summed E-state index contributed by atoms with van der Waals surface area (Å²) in [5, 5.41) is 10.9. The van der Waals surface area contributed by atoms with Gasteiger partial charge in [-0.05, 0) is 64.5 Å². The second-order valence-electron chi connectivity index (χ2n) is 10.1. The molecule has 1 aromatic heterocycles. The van der Waals surface area contributed by atoms with E-state index in [1.807, 2.05) is 24.3 Å². The Kier molecular flexibility index (Phi) is 5.47. The lowest BCUT2D eigenvalue weighted by atomic mass is 9.69. The van der Waals surface area contributed by atoms with Gasteiger partial charge in [-0.25, -0.2) is 9.78 Å². The summed E-state index contributed by atoms with van der Waals surface area (Å²) >= 11 is 0. The molecule has 2 aromatic carbocycles. The van der Waals surface area contributed by atoms with Gasteiger partial charge in [0, 0.05) is 5.39 Å². The molecule has 1 N–H and O–H groups in total. The standard InChI is InChI=1S/C28H31NO2/c1-17(2)19-12-10-18(11-13-19)14-20-15-21(28(3,4)5)16-23-25(27(30)31)22-8-6-7-9-24(22)29-26(20)23/h6-14,17,21H,15-16H2,1-5H3,(H,30,31). The van der Waals surface area contributed by atoms with Crippen LogP contribution in [0, 0.1) is 11.3 Å². The predicted octanol–water partition coefficient (Wildman–Crippen LogP) is 7.21. The van der Waals surface area contributed by atoms with Crippen molar-refractivity contribution in [2.75, 3.05) is 0 Å². The number of aromatic carboxylic acids is 1. The lowest BCUT2D eigenvalue weighted by Crippen LogP contribution is -2.28. The van der Waals surface area contributed by atoms with Gasteiger partial charge in [0.1, 0.15) is 0 Å². The van der Waals surface area contributed by atoms with Crippen LogP contribution >= 0.6 is 0 Å². The molecule has 4 rings (SSSR count). The fourth-order valence-electron chi connectivity index (χ4n) is 4.56. The van der Waals surface area contributed by atoms with E-state index in [1.165, 1.54) is 5.56 Å². The number of nitrogens with zero attached hydrogens (tertiary/aromatic N) is 1. The largest absolute Gasteiger partial charge is 0.478 e. The van der Waals surface area contributed by atoms with Crippen molar-refractivity contribution in [1.29, 1.82) is 0 Å². The summed E-state index contributed by atoms with van der Waals surface area (Å²) in [7, 11) is 0. The van der Waals surface area contributed by atoms with Gasteiger partial charge in [0.15, 0.2) is 0 Å². The normalized spacial score (nSPS) is 17.9. The van der Waals surface area contributed by atoms with Crippen molar-refractivity contribution < 1.29 is 9.90 Å². The number of pyridine rings is 1. The van der Waals surface area contributed by atoms with Gasteiger partial charge < -0.3 is 5.11 Å². The van der Waals surface area contributed by atoms with Crippen LogP contribution in [0.4, 0.5) is 0 Å². The van der Waals surface area contributed by atoms with Crippen LogP contribution < -0.4 is 0 Å². The third-order valence-corrected chi connectivity index (χ3v) is 6.60. The van der Waals surface area contributed by atoms with E-state index in [1.54, 1.807) is 0 Å². The molecule has 0 spiro atoms. The molecule has 1 aliphatic rings. The maximum Gasteiger partial charge on any atom is 0.336 e. The molecule has 0 amide bonds. The Bertz CT molecular complexity index is 1160. The predicted molar refractivity (Wildman–Crippen MR) is 128 cm³/mol. The van der Waals surface area contributed by atoms with Crippen molar-refractivity contribution in [3.05, 3.63) is 76.5 Å². The number of hydrogen-bond acceptors (Lipinski definition) is 2. The van der Waals surface area contributed by atoms with Crippen molar-refractivity contribution in [2.45, 2.75) is 53.4 Å². The van der Waals surface area contributed by atoms with E-state index < -0.39 is 5.97 Å². The first-order valence-corrected chi connectivity index (χ1v) is 11.1. The molecule has 1 aliphatic carbocycles. The van der Waals surface area contributed by atoms with Gasteiger partial charge >= 0.3 is 5.97 Å². The summed E-state index contributed by atoms with van der Waals surface area (Å²) in [5.74, 6) is -0.0270. The van der Waals surface area contributed by atoms with Gasteiger partial charge in [0.2, 0.25) is 0 Å². The minimum atomic E-state index is -0.870. The van der Waals surface area contributed by atoms with E-state index in [0.717, 1.165) is 46.1 Å². The molecule has 0 saturated heterocycles. The number of rotatable bonds is 3. The molecule has 1 unspecified atom stereocenters. The average Bonchev–Trinajstić information content (AvgIpc) is 2.71. The molecule has 0 aliphatic heterocycles. The van der Waals surface area contributed by atoms with Crippen molar-refractivity contribution >= 4 is 28.5 Å². The van der Waals surface area contributed by atoms with E-state index in [2.05, 4.69) is 65.0 Å². The Morgan fingerprint density at radius 2 is 1.74 bits per heavy atom. The van der Waals surface area contributed by atoms with Crippen LogP contribution in [0.1, 0.15) is 79.7 Å². The average molecular weight is 414 g/mol. The summed E-state index contributed by atoms with van der Waals surface area (Å²) < 4.78 is 0. The topological polar surface area (TPSA) is 50.2 Å². The van der Waals surface area contributed by atoms with Gasteiger partial charge in [-0.2, -0.15) is 0 Å². The number of aromatic nitrogens is 1. The van der Waals surface area contributed by atoms with Gasteiger partial charge in [-0.15, -0.1) is 0 Å². The number of carboxylic acid groups (broad SMARTS) is 1. The van der Waals surface area contributed by atoms with Gasteiger partial charge in [-0.3, -0.25) is 0 Å². The number of hydrogen-bond donors (Lipinski definition) is 1. The molecule has 1 atom stereocenters. The molecule has 0 radical (unpaired) electrons. The van der Waals surface area contributed by atoms with E-state index >= 15 is 0 Å². The SMILES string of the molecule is CC(C)c1ccc(C=C2CC(C(C)(C)C)Cc3c2nc2ccccc2c3C(=O)O)cc1. The smallest absolute Gasteiger partial charge is 0.336 e. The Balaban J connectivity index is 1.93. The molecule has 0 saturated carbocycles. The van der Waals surface area contributed by atoms with Gasteiger partial charge in [0.05, 0.1) is 16.8 Å². The molecular formula is C28H31NO2. The summed E-state index contributed by atoms with van der Waals surface area (Å²) in [5.41, 5.74) is 6.53. The Hall–Kier alpha value is -2.94. The summed E-state index contributed by atoms with van der Waals surface area (Å²) in [4.78, 5) is 17.3. The van der Waals surface area contributed by atoms with Crippen molar-refractivity contribution in [2.24, 2.45) is 11.3 Å². The molecule has 0 bridgehead atoms. The van der Waals surface area contributed by atoms with Crippen LogP contribution in [0.2, 0.25) is 0 Å². The Morgan fingerprint density at radius 3 is 2.35 bits per heavy atom. The van der Waals surface area contributed by atoms with Crippen molar-refractivity contribution in [1.82, 2.24) is 4.98 Å². The molecule has 3 aromatic rings. The molecular weight excluding hydrogens is 382 g/mol. The number of benzene rings is 2. The summed E-state index contributed by atoms with van der Waals surface area (Å²) in [6.45, 7) is 11.1. The zero-order chi connectivity index (χ0) is 22.3. The summed E-state index contributed by atoms with van der Waals surface area (Å²) in [6, 6.07) is 16.3.